The number of hydrogen-bond donors (Lipinski definition) is 0. The number of benzene rings is 9. The van der Waals surface area contributed by atoms with Gasteiger partial charge in [0.15, 0.2) is 0 Å². The number of ether oxygens (including phenoxy) is 1. The summed E-state index contributed by atoms with van der Waals surface area (Å²) in [6.45, 7) is 0. The average molecular weight is 999 g/mol. The van der Waals surface area contributed by atoms with Crippen LogP contribution < -0.4 is 13.9 Å². The molecule has 302 valence electrons. The molecule has 9 aromatic carbocycles. The number of hydrogen-bond acceptors (Lipinski definition) is 2. The van der Waals surface area contributed by atoms with E-state index < -0.39 is 5.41 Å². The van der Waals surface area contributed by atoms with Crippen molar-refractivity contribution in [3.63, 3.8) is 0 Å². The molecule has 0 spiro atoms. The Morgan fingerprint density at radius 2 is 1.03 bits per heavy atom. The number of aromatic nitrogens is 1. The van der Waals surface area contributed by atoms with Gasteiger partial charge in [0.05, 0.1) is 27.6 Å². The number of fused-ring (bicyclic) bond motifs is 6. The van der Waals surface area contributed by atoms with E-state index in [2.05, 4.69) is 221 Å². The van der Waals surface area contributed by atoms with Gasteiger partial charge in [-0.1, -0.05) is 156 Å². The van der Waals surface area contributed by atoms with Gasteiger partial charge in [0.1, 0.15) is 5.69 Å². The molecule has 0 atom stereocenters. The van der Waals surface area contributed by atoms with E-state index in [4.69, 9.17) is 9.72 Å². The van der Waals surface area contributed by atoms with E-state index in [9.17, 15) is 0 Å². The topological polar surface area (TPSA) is 28.1 Å². The second kappa shape index (κ2) is 16.2. The fourth-order valence-electron chi connectivity index (χ4n) is 9.69. The van der Waals surface area contributed by atoms with Crippen LogP contribution in [0.2, 0.25) is 0 Å². The Balaban J connectivity index is 0.00000456. The van der Waals surface area contributed by atoms with Crippen molar-refractivity contribution < 1.29 is 25.8 Å². The second-order valence-corrected chi connectivity index (χ2v) is 15.8. The summed E-state index contributed by atoms with van der Waals surface area (Å²) in [4.78, 5) is 5.00. The standard InChI is InChI=1S/C59H37N3O.Pt/c1-3-18-41(19-4-1)48-30-17-31-49(42-20-5-2-6-21-42)57(48)62-40-61(55-36-35-43-22-7-8-27-50(43)58(55)62)45-24-16-26-47(39-45)63-46-25-15-23-44(38-46)59(56-34-13-14-37-60-56)53-32-11-9-28-51(53)52-29-10-12-33-54(52)59;/h1-37H;/q;+2. The van der Waals surface area contributed by atoms with E-state index in [0.717, 1.165) is 67.0 Å². The van der Waals surface area contributed by atoms with Gasteiger partial charge in [0, 0.05) is 23.8 Å². The number of para-hydroxylation sites is 1. The van der Waals surface area contributed by atoms with E-state index in [-0.39, 0.29) is 21.1 Å². The largest absolute Gasteiger partial charge is 2.00 e. The molecule has 0 unspecified atom stereocenters. The summed E-state index contributed by atoms with van der Waals surface area (Å²) >= 11 is 0. The third kappa shape index (κ3) is 6.30. The summed E-state index contributed by atoms with van der Waals surface area (Å²) in [5.41, 5.74) is 14.3. The van der Waals surface area contributed by atoms with Crippen LogP contribution in [0.1, 0.15) is 22.4 Å². The molecule has 10 aromatic rings. The molecule has 12 rings (SSSR count). The summed E-state index contributed by atoms with van der Waals surface area (Å²) in [6, 6.07) is 87.5. The smallest absolute Gasteiger partial charge is 0.509 e. The minimum atomic E-state index is -0.691. The van der Waals surface area contributed by atoms with Crippen molar-refractivity contribution in [2.75, 3.05) is 0 Å². The van der Waals surface area contributed by atoms with Crippen LogP contribution in [0, 0.1) is 12.1 Å². The van der Waals surface area contributed by atoms with E-state index in [1.54, 1.807) is 0 Å². The van der Waals surface area contributed by atoms with Crippen molar-refractivity contribution >= 4 is 39.5 Å². The van der Waals surface area contributed by atoms with Crippen LogP contribution in [0.5, 0.6) is 11.5 Å². The van der Waals surface area contributed by atoms with Crippen molar-refractivity contribution in [2.24, 2.45) is 0 Å². The minimum Gasteiger partial charge on any atom is -0.509 e. The first-order valence-electron chi connectivity index (χ1n) is 21.2. The summed E-state index contributed by atoms with van der Waals surface area (Å²) < 4.78 is 11.1. The Hall–Kier alpha value is -7.74. The van der Waals surface area contributed by atoms with Crippen LogP contribution in [0.3, 0.4) is 0 Å². The molecule has 5 heteroatoms. The second-order valence-electron chi connectivity index (χ2n) is 15.8. The van der Waals surface area contributed by atoms with Crippen molar-refractivity contribution in [3.8, 4) is 44.9 Å². The number of pyridine rings is 1. The van der Waals surface area contributed by atoms with Crippen molar-refractivity contribution in [1.82, 2.24) is 14.1 Å². The average Bonchev–Trinajstić information content (AvgIpc) is 3.90. The fourth-order valence-corrected chi connectivity index (χ4v) is 9.69. The van der Waals surface area contributed by atoms with Crippen LogP contribution in [0.25, 0.3) is 44.2 Å². The number of rotatable bonds is 8. The van der Waals surface area contributed by atoms with Gasteiger partial charge in [-0.15, -0.1) is 23.8 Å². The first kappa shape index (κ1) is 39.1. The SMILES string of the molecule is C1=[N+](c2[c-]c(Oc3[c-]c(C4(c5ccccn5)c5ccccc5-c5ccccc54)ccc3)ccc2)c2ccc3ccccc3c2[N+]=1c1c(-c2ccccc2)cccc1-c1ccccc1.[Pt+2]. The molecule has 0 fully saturated rings. The van der Waals surface area contributed by atoms with Crippen LogP contribution >= 0.6 is 0 Å². The first-order chi connectivity index (χ1) is 31.3. The van der Waals surface area contributed by atoms with Gasteiger partial charge in [0.2, 0.25) is 5.69 Å². The Morgan fingerprint density at radius 3 is 1.72 bits per heavy atom. The number of nitrogens with zero attached hydrogens (tertiary/aromatic N) is 3. The molecule has 0 saturated heterocycles. The van der Waals surface area contributed by atoms with Crippen molar-refractivity contribution in [3.05, 3.63) is 259 Å². The Morgan fingerprint density at radius 1 is 0.453 bits per heavy atom. The van der Waals surface area contributed by atoms with Crippen molar-refractivity contribution in [2.45, 2.75) is 5.41 Å². The fraction of sp³-hybridized carbons (Fsp3) is 0.0169. The molecule has 4 nitrogen and oxygen atoms in total. The van der Waals surface area contributed by atoms with E-state index >= 15 is 0 Å². The Labute approximate surface area is 386 Å². The summed E-state index contributed by atoms with van der Waals surface area (Å²) in [5, 5.41) is 2.28. The molecule has 0 bridgehead atoms. The zero-order valence-corrected chi connectivity index (χ0v) is 36.7. The predicted octanol–water partition coefficient (Wildman–Crippen LogP) is 14.2. The molecule has 0 saturated carbocycles. The molecule has 1 aliphatic carbocycles. The quantitative estimate of drug-likeness (QED) is 0.112. The van der Waals surface area contributed by atoms with Gasteiger partial charge in [-0.25, -0.2) is 0 Å². The molecule has 1 aliphatic heterocycles. The van der Waals surface area contributed by atoms with Crippen LogP contribution in [-0.4, -0.2) is 11.0 Å². The maximum absolute atomic E-state index is 6.76. The van der Waals surface area contributed by atoms with Crippen LogP contribution in [0.15, 0.2) is 225 Å². The summed E-state index contributed by atoms with van der Waals surface area (Å²) in [5.74, 6) is 1.15. The molecule has 0 N–H and O–H groups in total. The summed E-state index contributed by atoms with van der Waals surface area (Å²) in [6.07, 6.45) is 1.87. The maximum atomic E-state index is 6.76. The van der Waals surface area contributed by atoms with Gasteiger partial charge in [-0.05, 0) is 79.7 Å². The molecule has 1 aromatic heterocycles. The van der Waals surface area contributed by atoms with Crippen LogP contribution in [-0.2, 0) is 26.5 Å². The third-order valence-corrected chi connectivity index (χ3v) is 12.4. The first-order valence-corrected chi connectivity index (χ1v) is 21.2. The summed E-state index contributed by atoms with van der Waals surface area (Å²) in [7, 11) is 0. The van der Waals surface area contributed by atoms with Gasteiger partial charge in [0.25, 0.3) is 5.69 Å². The van der Waals surface area contributed by atoms with Gasteiger partial charge >= 0.3 is 32.8 Å². The molecule has 64 heavy (non-hydrogen) atoms. The predicted molar refractivity (Wildman–Crippen MR) is 255 cm³/mol. The molecule has 2 aliphatic rings. The Bertz CT molecular complexity index is 3370. The van der Waals surface area contributed by atoms with Gasteiger partial charge in [-0.3, -0.25) is 4.98 Å². The molecule has 0 radical (unpaired) electrons. The van der Waals surface area contributed by atoms with E-state index in [0.29, 0.717) is 11.5 Å². The molecule has 2 heterocycles. The van der Waals surface area contributed by atoms with Crippen molar-refractivity contribution in [1.29, 1.82) is 0 Å². The molecular weight excluding hydrogens is 962 g/mol. The van der Waals surface area contributed by atoms with E-state index in [1.807, 2.05) is 30.5 Å². The zero-order chi connectivity index (χ0) is 41.7. The van der Waals surface area contributed by atoms with Gasteiger partial charge in [-0.2, -0.15) is 18.2 Å². The minimum absolute atomic E-state index is 0. The van der Waals surface area contributed by atoms with E-state index in [1.165, 1.54) is 22.3 Å². The van der Waals surface area contributed by atoms with Gasteiger partial charge < -0.3 is 4.74 Å². The molecule has 0 amide bonds. The van der Waals surface area contributed by atoms with Crippen LogP contribution in [0.4, 0.5) is 22.7 Å². The maximum Gasteiger partial charge on any atom is 2.00 e. The monoisotopic (exact) mass is 998 g/mol. The third-order valence-electron chi connectivity index (χ3n) is 12.4. The molecular formula is C59H37N3OPt+2. The Kier molecular flexibility index (Phi) is 9.89. The zero-order valence-electron chi connectivity index (χ0n) is 34.4. The normalized spacial score (nSPS) is 12.9.